The van der Waals surface area contributed by atoms with Gasteiger partial charge in [-0.3, -0.25) is 0 Å². The molecule has 16 heavy (non-hydrogen) atoms. The third-order valence-electron chi connectivity index (χ3n) is 3.21. The van der Waals surface area contributed by atoms with Crippen LogP contribution in [-0.2, 0) is 5.41 Å². The van der Waals surface area contributed by atoms with Crippen molar-refractivity contribution in [2.45, 2.75) is 46.0 Å². The standard InChI is InChI=1S/C15H22O/c1-11-9-13(15(2,3)4)7-8-14(11)16-10-12-5-6-12/h7-9,12H,5-6,10H2,1-4H3. The summed E-state index contributed by atoms with van der Waals surface area (Å²) in [6, 6.07) is 6.57. The Morgan fingerprint density at radius 3 is 2.44 bits per heavy atom. The monoisotopic (exact) mass is 218 g/mol. The van der Waals surface area contributed by atoms with Crippen LogP contribution in [0.1, 0.15) is 44.7 Å². The van der Waals surface area contributed by atoms with Crippen LogP contribution < -0.4 is 4.74 Å². The van der Waals surface area contributed by atoms with E-state index in [0.717, 1.165) is 18.3 Å². The van der Waals surface area contributed by atoms with Gasteiger partial charge in [-0.2, -0.15) is 0 Å². The maximum absolute atomic E-state index is 5.83. The van der Waals surface area contributed by atoms with E-state index in [9.17, 15) is 0 Å². The first kappa shape index (κ1) is 11.5. The second-order valence-electron chi connectivity index (χ2n) is 5.98. The Morgan fingerprint density at radius 2 is 1.94 bits per heavy atom. The number of rotatable bonds is 3. The summed E-state index contributed by atoms with van der Waals surface area (Å²) in [6.45, 7) is 9.76. The van der Waals surface area contributed by atoms with E-state index in [1.807, 2.05) is 0 Å². The lowest BCUT2D eigenvalue weighted by Gasteiger charge is -2.20. The molecule has 0 bridgehead atoms. The Labute approximate surface area is 98.8 Å². The van der Waals surface area contributed by atoms with Crippen molar-refractivity contribution in [1.29, 1.82) is 0 Å². The molecule has 0 N–H and O–H groups in total. The first-order chi connectivity index (χ1) is 7.47. The lowest BCUT2D eigenvalue weighted by Crippen LogP contribution is -2.11. The average molecular weight is 218 g/mol. The fourth-order valence-electron chi connectivity index (χ4n) is 1.77. The molecule has 0 aromatic heterocycles. The van der Waals surface area contributed by atoms with E-state index in [4.69, 9.17) is 4.74 Å². The van der Waals surface area contributed by atoms with Gasteiger partial charge in [-0.25, -0.2) is 0 Å². The Balaban J connectivity index is 2.09. The minimum Gasteiger partial charge on any atom is -0.493 e. The van der Waals surface area contributed by atoms with Gasteiger partial charge in [-0.1, -0.05) is 32.9 Å². The highest BCUT2D eigenvalue weighted by molar-refractivity contribution is 5.38. The zero-order valence-electron chi connectivity index (χ0n) is 10.8. The molecule has 0 unspecified atom stereocenters. The van der Waals surface area contributed by atoms with Crippen LogP contribution in [0, 0.1) is 12.8 Å². The first-order valence-corrected chi connectivity index (χ1v) is 6.21. The van der Waals surface area contributed by atoms with E-state index in [2.05, 4.69) is 45.9 Å². The molecule has 1 aliphatic carbocycles. The SMILES string of the molecule is Cc1cc(C(C)(C)C)ccc1OCC1CC1. The smallest absolute Gasteiger partial charge is 0.122 e. The Hall–Kier alpha value is -0.980. The summed E-state index contributed by atoms with van der Waals surface area (Å²) in [5.74, 6) is 1.88. The van der Waals surface area contributed by atoms with Crippen molar-refractivity contribution in [3.63, 3.8) is 0 Å². The van der Waals surface area contributed by atoms with E-state index >= 15 is 0 Å². The second-order valence-corrected chi connectivity index (χ2v) is 5.98. The molecule has 0 spiro atoms. The van der Waals surface area contributed by atoms with Crippen molar-refractivity contribution < 1.29 is 4.74 Å². The molecule has 1 fully saturated rings. The van der Waals surface area contributed by atoms with E-state index < -0.39 is 0 Å². The number of ether oxygens (including phenoxy) is 1. The molecule has 1 aromatic rings. The Kier molecular flexibility index (Phi) is 2.96. The van der Waals surface area contributed by atoms with Gasteiger partial charge in [0.2, 0.25) is 0 Å². The normalized spacial score (nSPS) is 16.2. The third kappa shape index (κ3) is 2.78. The molecule has 1 heteroatoms. The van der Waals surface area contributed by atoms with Gasteiger partial charge in [-0.15, -0.1) is 0 Å². The molecule has 0 radical (unpaired) electrons. The van der Waals surface area contributed by atoms with E-state index in [1.165, 1.54) is 24.0 Å². The van der Waals surface area contributed by atoms with Crippen molar-refractivity contribution in [2.75, 3.05) is 6.61 Å². The molecule has 0 aliphatic heterocycles. The zero-order valence-corrected chi connectivity index (χ0v) is 10.8. The van der Waals surface area contributed by atoms with Crippen LogP contribution >= 0.6 is 0 Å². The average Bonchev–Trinajstić information content (AvgIpc) is 2.98. The van der Waals surface area contributed by atoms with Crippen molar-refractivity contribution in [3.05, 3.63) is 29.3 Å². The van der Waals surface area contributed by atoms with Gasteiger partial charge in [0.05, 0.1) is 6.61 Å². The summed E-state index contributed by atoms with van der Waals surface area (Å²) >= 11 is 0. The summed E-state index contributed by atoms with van der Waals surface area (Å²) in [5.41, 5.74) is 2.86. The Morgan fingerprint density at radius 1 is 1.25 bits per heavy atom. The lowest BCUT2D eigenvalue weighted by atomic mass is 9.86. The van der Waals surface area contributed by atoms with Crippen LogP contribution in [-0.4, -0.2) is 6.61 Å². The molecule has 1 saturated carbocycles. The topological polar surface area (TPSA) is 9.23 Å². The maximum Gasteiger partial charge on any atom is 0.122 e. The van der Waals surface area contributed by atoms with Crippen molar-refractivity contribution in [2.24, 2.45) is 5.92 Å². The first-order valence-electron chi connectivity index (χ1n) is 6.21. The van der Waals surface area contributed by atoms with Crippen LogP contribution in [0.25, 0.3) is 0 Å². The summed E-state index contributed by atoms with van der Waals surface area (Å²) in [4.78, 5) is 0. The van der Waals surface area contributed by atoms with Gasteiger partial charge in [0.15, 0.2) is 0 Å². The van der Waals surface area contributed by atoms with Gasteiger partial charge in [0.25, 0.3) is 0 Å². The van der Waals surface area contributed by atoms with Crippen molar-refractivity contribution >= 4 is 0 Å². The fraction of sp³-hybridized carbons (Fsp3) is 0.600. The lowest BCUT2D eigenvalue weighted by molar-refractivity contribution is 0.297. The number of benzene rings is 1. The summed E-state index contributed by atoms with van der Waals surface area (Å²) in [7, 11) is 0. The summed E-state index contributed by atoms with van der Waals surface area (Å²) in [6.07, 6.45) is 2.69. The van der Waals surface area contributed by atoms with Crippen LogP contribution in [0.3, 0.4) is 0 Å². The Bertz CT molecular complexity index is 370. The predicted octanol–water partition coefficient (Wildman–Crippen LogP) is 4.08. The molecular weight excluding hydrogens is 196 g/mol. The molecule has 88 valence electrons. The van der Waals surface area contributed by atoms with Crippen LogP contribution in [0.4, 0.5) is 0 Å². The van der Waals surface area contributed by atoms with Gasteiger partial charge >= 0.3 is 0 Å². The van der Waals surface area contributed by atoms with Gasteiger partial charge in [-0.05, 0) is 48.3 Å². The molecule has 1 aromatic carbocycles. The number of aryl methyl sites for hydroxylation is 1. The molecule has 0 heterocycles. The third-order valence-corrected chi connectivity index (χ3v) is 3.21. The van der Waals surface area contributed by atoms with Crippen LogP contribution in [0.2, 0.25) is 0 Å². The van der Waals surface area contributed by atoms with Gasteiger partial charge in [0, 0.05) is 0 Å². The number of hydrogen-bond donors (Lipinski definition) is 0. The molecule has 1 aliphatic rings. The maximum atomic E-state index is 5.83. The highest BCUT2D eigenvalue weighted by Gasteiger charge is 2.22. The van der Waals surface area contributed by atoms with E-state index in [0.29, 0.717) is 0 Å². The summed E-state index contributed by atoms with van der Waals surface area (Å²) < 4.78 is 5.83. The van der Waals surface area contributed by atoms with E-state index in [-0.39, 0.29) is 5.41 Å². The highest BCUT2D eigenvalue weighted by atomic mass is 16.5. The molecule has 1 nitrogen and oxygen atoms in total. The zero-order chi connectivity index (χ0) is 11.8. The number of hydrogen-bond acceptors (Lipinski definition) is 1. The predicted molar refractivity (Wildman–Crippen MR) is 68.1 cm³/mol. The van der Waals surface area contributed by atoms with Crippen LogP contribution in [0.5, 0.6) is 5.75 Å². The second kappa shape index (κ2) is 4.12. The highest BCUT2D eigenvalue weighted by Crippen LogP contribution is 2.31. The van der Waals surface area contributed by atoms with Gasteiger partial charge < -0.3 is 4.74 Å². The minimum atomic E-state index is 0.222. The minimum absolute atomic E-state index is 0.222. The fourth-order valence-corrected chi connectivity index (χ4v) is 1.77. The summed E-state index contributed by atoms with van der Waals surface area (Å²) in [5, 5.41) is 0. The molecule has 2 rings (SSSR count). The van der Waals surface area contributed by atoms with Gasteiger partial charge in [0.1, 0.15) is 5.75 Å². The molecule has 0 atom stereocenters. The van der Waals surface area contributed by atoms with Crippen LogP contribution in [0.15, 0.2) is 18.2 Å². The molecule has 0 saturated heterocycles. The molecule has 0 amide bonds. The largest absolute Gasteiger partial charge is 0.493 e. The van der Waals surface area contributed by atoms with E-state index in [1.54, 1.807) is 0 Å². The molecular formula is C15H22O. The van der Waals surface area contributed by atoms with Crippen molar-refractivity contribution in [3.8, 4) is 5.75 Å². The van der Waals surface area contributed by atoms with Crippen molar-refractivity contribution in [1.82, 2.24) is 0 Å². The quantitative estimate of drug-likeness (QED) is 0.742.